The smallest absolute Gasteiger partial charge is 0.347 e. The summed E-state index contributed by atoms with van der Waals surface area (Å²) in [5.41, 5.74) is 0.258. The summed E-state index contributed by atoms with van der Waals surface area (Å²) in [6.07, 6.45) is 11.5. The molecule has 2 unspecified atom stereocenters. The van der Waals surface area contributed by atoms with E-state index in [2.05, 4.69) is 28.1 Å². The molecule has 0 amide bonds. The van der Waals surface area contributed by atoms with Crippen molar-refractivity contribution in [2.45, 2.75) is 62.9 Å². The molecule has 1 aliphatic heterocycles. The van der Waals surface area contributed by atoms with Gasteiger partial charge in [0, 0.05) is 22.9 Å². The van der Waals surface area contributed by atoms with Gasteiger partial charge in [0.2, 0.25) is 0 Å². The van der Waals surface area contributed by atoms with Crippen molar-refractivity contribution in [2.75, 3.05) is 0 Å². The Morgan fingerprint density at radius 3 is 2.47 bits per heavy atom. The van der Waals surface area contributed by atoms with Gasteiger partial charge in [0.05, 0.1) is 6.26 Å². The molecular weight excluding hydrogens is 444 g/mol. The maximum atomic E-state index is 13.1. The van der Waals surface area contributed by atoms with Crippen LogP contribution in [0.1, 0.15) is 67.8 Å². The highest BCUT2D eigenvalue weighted by molar-refractivity contribution is 9.10. The van der Waals surface area contributed by atoms with E-state index in [9.17, 15) is 9.90 Å². The van der Waals surface area contributed by atoms with Crippen LogP contribution in [0.15, 0.2) is 56.4 Å². The molecule has 2 saturated carbocycles. The number of benzene rings is 1. The predicted molar refractivity (Wildman–Crippen MR) is 118 cm³/mol. The van der Waals surface area contributed by atoms with Crippen LogP contribution in [0.4, 0.5) is 0 Å². The first-order chi connectivity index (χ1) is 14.5. The molecule has 30 heavy (non-hydrogen) atoms. The number of aromatic hydroxyl groups is 1. The zero-order valence-corrected chi connectivity index (χ0v) is 18.6. The minimum Gasteiger partial charge on any atom is -0.507 e. The first kappa shape index (κ1) is 19.9. The number of halogens is 1. The minimum atomic E-state index is -0.776. The number of hydrogen-bond donors (Lipinski definition) is 1. The number of hydrogen-bond acceptors (Lipinski definition) is 4. The van der Waals surface area contributed by atoms with Crippen LogP contribution in [-0.2, 0) is 16.8 Å². The molecule has 2 atom stereocenters. The fraction of sp³-hybridized carbons (Fsp3) is 0.480. The molecule has 158 valence electrons. The predicted octanol–water partition coefficient (Wildman–Crippen LogP) is 6.16. The molecule has 4 nitrogen and oxygen atoms in total. The van der Waals surface area contributed by atoms with Crippen LogP contribution < -0.4 is 5.63 Å². The Morgan fingerprint density at radius 1 is 1.13 bits per heavy atom. The van der Waals surface area contributed by atoms with E-state index < -0.39 is 11.2 Å². The van der Waals surface area contributed by atoms with E-state index >= 15 is 0 Å². The van der Waals surface area contributed by atoms with Crippen molar-refractivity contribution in [1.82, 2.24) is 0 Å². The second-order valence-electron chi connectivity index (χ2n) is 9.24. The lowest BCUT2D eigenvalue weighted by atomic mass is 9.85. The van der Waals surface area contributed by atoms with Crippen LogP contribution in [-0.4, -0.2) is 5.11 Å². The molecule has 2 aromatic rings. The molecule has 2 aliphatic carbocycles. The summed E-state index contributed by atoms with van der Waals surface area (Å²) in [5.74, 6) is 1.92. The molecule has 1 N–H and O–H groups in total. The Balaban J connectivity index is 1.46. The Kier molecular flexibility index (Phi) is 5.26. The second-order valence-corrected chi connectivity index (χ2v) is 10.2. The van der Waals surface area contributed by atoms with E-state index in [1.807, 2.05) is 18.2 Å². The van der Waals surface area contributed by atoms with E-state index in [1.54, 1.807) is 12.3 Å². The average molecular weight is 471 g/mol. The van der Waals surface area contributed by atoms with Crippen LogP contribution in [0.2, 0.25) is 0 Å². The third kappa shape index (κ3) is 4.22. The fourth-order valence-corrected chi connectivity index (χ4v) is 4.99. The molecule has 5 heteroatoms. The maximum Gasteiger partial charge on any atom is 0.347 e. The van der Waals surface area contributed by atoms with Crippen LogP contribution in [0.3, 0.4) is 0 Å². The number of rotatable bonds is 8. The SMILES string of the molecule is O=c1oc(C(Cc2ccc(Br)cc2)CC2CC2)cc(O)c1C1(CC2CC2)CC=CO1. The average Bonchev–Trinajstić information content (AvgIpc) is 3.64. The standard InChI is InChI=1S/C25H27BrO4/c26-20-8-6-17(7-9-20)13-19(12-16-2-3-16)22-14-21(27)23(24(28)30-22)25(10-1-11-29-25)15-18-4-5-18/h1,6-9,11,14,16,18-19,27H,2-5,10,12-13,15H2. The summed E-state index contributed by atoms with van der Waals surface area (Å²) in [7, 11) is 0. The van der Waals surface area contributed by atoms with Gasteiger partial charge in [-0.25, -0.2) is 4.79 Å². The van der Waals surface area contributed by atoms with Gasteiger partial charge in [-0.15, -0.1) is 0 Å². The second kappa shape index (κ2) is 7.92. The summed E-state index contributed by atoms with van der Waals surface area (Å²) >= 11 is 3.48. The van der Waals surface area contributed by atoms with Gasteiger partial charge in [0.15, 0.2) is 0 Å². The minimum absolute atomic E-state index is 0.0159. The van der Waals surface area contributed by atoms with Crippen molar-refractivity contribution in [1.29, 1.82) is 0 Å². The van der Waals surface area contributed by atoms with Crippen molar-refractivity contribution >= 4 is 15.9 Å². The molecule has 2 heterocycles. The lowest BCUT2D eigenvalue weighted by Crippen LogP contribution is -2.32. The van der Waals surface area contributed by atoms with Crippen molar-refractivity contribution in [2.24, 2.45) is 11.8 Å². The molecule has 0 bridgehead atoms. The van der Waals surface area contributed by atoms with Gasteiger partial charge >= 0.3 is 5.63 Å². The zero-order valence-electron chi connectivity index (χ0n) is 17.0. The van der Waals surface area contributed by atoms with Gasteiger partial charge in [-0.2, -0.15) is 0 Å². The quantitative estimate of drug-likeness (QED) is 0.501. The van der Waals surface area contributed by atoms with E-state index in [1.165, 1.54) is 18.4 Å². The topological polar surface area (TPSA) is 59.7 Å². The zero-order chi connectivity index (χ0) is 20.7. The summed E-state index contributed by atoms with van der Waals surface area (Å²) in [6, 6.07) is 9.94. The molecule has 5 rings (SSSR count). The largest absolute Gasteiger partial charge is 0.507 e. The van der Waals surface area contributed by atoms with Crippen LogP contribution in [0.25, 0.3) is 0 Å². The third-order valence-electron chi connectivity index (χ3n) is 6.67. The summed E-state index contributed by atoms with van der Waals surface area (Å²) in [6.45, 7) is 0. The van der Waals surface area contributed by atoms with Gasteiger partial charge in [-0.3, -0.25) is 0 Å². The van der Waals surface area contributed by atoms with Gasteiger partial charge in [0.25, 0.3) is 0 Å². The first-order valence-corrected chi connectivity index (χ1v) is 11.8. The molecule has 3 aliphatic rings. The van der Waals surface area contributed by atoms with Gasteiger partial charge in [-0.05, 0) is 54.9 Å². The van der Waals surface area contributed by atoms with Gasteiger partial charge < -0.3 is 14.3 Å². The van der Waals surface area contributed by atoms with Gasteiger partial charge in [-0.1, -0.05) is 53.7 Å². The molecular formula is C25H27BrO4. The van der Waals surface area contributed by atoms with Crippen LogP contribution in [0.5, 0.6) is 5.75 Å². The molecule has 2 fully saturated rings. The molecule has 1 aromatic heterocycles. The molecule has 1 aromatic carbocycles. The van der Waals surface area contributed by atoms with Crippen LogP contribution >= 0.6 is 15.9 Å². The first-order valence-electron chi connectivity index (χ1n) is 11.0. The van der Waals surface area contributed by atoms with E-state index in [0.717, 1.165) is 36.6 Å². The van der Waals surface area contributed by atoms with Crippen molar-refractivity contribution in [3.8, 4) is 5.75 Å². The Labute approximate surface area is 185 Å². The van der Waals surface area contributed by atoms with Crippen LogP contribution in [0, 0.1) is 11.8 Å². The monoisotopic (exact) mass is 470 g/mol. The maximum absolute atomic E-state index is 13.1. The van der Waals surface area contributed by atoms with Crippen molar-refractivity contribution in [3.63, 3.8) is 0 Å². The van der Waals surface area contributed by atoms with E-state index in [0.29, 0.717) is 24.0 Å². The third-order valence-corrected chi connectivity index (χ3v) is 7.20. The van der Waals surface area contributed by atoms with E-state index in [-0.39, 0.29) is 17.2 Å². The summed E-state index contributed by atoms with van der Waals surface area (Å²) < 4.78 is 12.8. The molecule has 0 saturated heterocycles. The summed E-state index contributed by atoms with van der Waals surface area (Å²) in [5, 5.41) is 11.0. The van der Waals surface area contributed by atoms with Crippen molar-refractivity contribution in [3.05, 3.63) is 74.4 Å². The van der Waals surface area contributed by atoms with E-state index in [4.69, 9.17) is 9.15 Å². The highest BCUT2D eigenvalue weighted by Gasteiger charge is 2.45. The normalized spacial score (nSPS) is 24.0. The molecule has 0 spiro atoms. The lowest BCUT2D eigenvalue weighted by Gasteiger charge is -2.29. The molecule has 0 radical (unpaired) electrons. The lowest BCUT2D eigenvalue weighted by molar-refractivity contribution is 0.0209. The van der Waals surface area contributed by atoms with Gasteiger partial charge in [0.1, 0.15) is 22.7 Å². The highest BCUT2D eigenvalue weighted by Crippen LogP contribution is 2.48. The highest BCUT2D eigenvalue weighted by atomic mass is 79.9. The Morgan fingerprint density at radius 2 is 1.87 bits per heavy atom. The number of ether oxygens (including phenoxy) is 1. The Hall–Kier alpha value is -2.01. The Bertz CT molecular complexity index is 991. The fourth-order valence-electron chi connectivity index (χ4n) is 4.73. The summed E-state index contributed by atoms with van der Waals surface area (Å²) in [4.78, 5) is 13.1. The van der Waals surface area contributed by atoms with Crippen molar-refractivity contribution < 1.29 is 14.3 Å².